The molecule has 0 amide bonds. The summed E-state index contributed by atoms with van der Waals surface area (Å²) >= 11 is 0. The topological polar surface area (TPSA) is 120 Å². The Morgan fingerprint density at radius 2 is 1.45 bits per heavy atom. The smallest absolute Gasteiger partial charge is 0.459 e. The van der Waals surface area contributed by atoms with E-state index in [9.17, 15) is 14.5 Å². The third-order valence-electron chi connectivity index (χ3n) is 8.09. The number of benzene rings is 3. The Balaban J connectivity index is 1.64. The van der Waals surface area contributed by atoms with Crippen molar-refractivity contribution >= 4 is 13.7 Å². The Bertz CT molecular complexity index is 1340. The number of nitrogens with one attached hydrogen (secondary N) is 1. The van der Waals surface area contributed by atoms with Crippen molar-refractivity contribution in [2.45, 2.75) is 103 Å². The van der Waals surface area contributed by atoms with E-state index in [-0.39, 0.29) is 25.7 Å². The fraction of sp³-hybridized carbons (Fsp3) is 0.500. The van der Waals surface area contributed by atoms with E-state index in [1.165, 1.54) is 44.1 Å². The summed E-state index contributed by atoms with van der Waals surface area (Å²) in [5.74, 6) is -0.189. The number of esters is 1. The molecule has 3 rings (SSSR count). The molecule has 0 saturated heterocycles. The lowest BCUT2D eigenvalue weighted by molar-refractivity contribution is -0.147. The second kappa shape index (κ2) is 20.4. The standard InChI is InChI=1S/C38H55N2O6P/c1-4-5-6-7-8-11-16-32-21-23-33(24-22-32)25-26-38(39,29-41)30-45-47(43,46-35-19-14-10-15-20-35)40-36(27-31(2)3)37(42)44-28-34-17-12-9-13-18-34/h9-10,12-15,17-24,31,36,41H,4-8,11,16,25-30,39H2,1-3H3,(H,40,43). The first-order chi connectivity index (χ1) is 22.6. The lowest BCUT2D eigenvalue weighted by Gasteiger charge is -2.31. The van der Waals surface area contributed by atoms with E-state index in [0.717, 1.165) is 17.5 Å². The molecule has 0 aromatic heterocycles. The van der Waals surface area contributed by atoms with Crippen LogP contribution < -0.4 is 15.3 Å². The van der Waals surface area contributed by atoms with Crippen LogP contribution >= 0.6 is 7.75 Å². The van der Waals surface area contributed by atoms with Crippen molar-refractivity contribution in [3.05, 3.63) is 102 Å². The lowest BCUT2D eigenvalue weighted by Crippen LogP contribution is -2.49. The minimum absolute atomic E-state index is 0.0742. The van der Waals surface area contributed by atoms with Gasteiger partial charge in [-0.05, 0) is 66.8 Å². The van der Waals surface area contributed by atoms with Gasteiger partial charge in [-0.3, -0.25) is 9.32 Å². The van der Waals surface area contributed by atoms with Crippen LogP contribution in [0.1, 0.15) is 88.8 Å². The molecule has 3 aromatic carbocycles. The molecule has 9 heteroatoms. The highest BCUT2D eigenvalue weighted by molar-refractivity contribution is 7.52. The number of carbonyl (C=O) groups excluding carboxylic acids is 1. The molecule has 3 atom stereocenters. The minimum Gasteiger partial charge on any atom is -0.460 e. The van der Waals surface area contributed by atoms with Crippen molar-refractivity contribution in [2.24, 2.45) is 11.7 Å². The summed E-state index contributed by atoms with van der Waals surface area (Å²) < 4.78 is 31.7. The van der Waals surface area contributed by atoms with Crippen molar-refractivity contribution in [3.8, 4) is 5.75 Å². The summed E-state index contributed by atoms with van der Waals surface area (Å²) in [5, 5.41) is 13.2. The number of rotatable bonds is 23. The maximum absolute atomic E-state index is 14.3. The van der Waals surface area contributed by atoms with E-state index in [4.69, 9.17) is 19.5 Å². The number of hydrogen-bond donors (Lipinski definition) is 3. The second-order valence-electron chi connectivity index (χ2n) is 12.9. The van der Waals surface area contributed by atoms with E-state index < -0.39 is 25.3 Å². The Kier molecular flexibility index (Phi) is 16.7. The average Bonchev–Trinajstić information content (AvgIpc) is 3.08. The van der Waals surface area contributed by atoms with Crippen LogP contribution in [0.2, 0.25) is 0 Å². The quantitative estimate of drug-likeness (QED) is 0.0527. The highest BCUT2D eigenvalue weighted by Gasteiger charge is 2.37. The maximum Gasteiger partial charge on any atom is 0.459 e. The van der Waals surface area contributed by atoms with Crippen molar-refractivity contribution in [3.63, 3.8) is 0 Å². The van der Waals surface area contributed by atoms with Crippen LogP contribution in [0.25, 0.3) is 0 Å². The Labute approximate surface area is 282 Å². The second-order valence-corrected chi connectivity index (χ2v) is 14.6. The normalized spacial score (nSPS) is 14.7. The Morgan fingerprint density at radius 3 is 2.06 bits per heavy atom. The van der Waals surface area contributed by atoms with Gasteiger partial charge in [-0.25, -0.2) is 4.57 Å². The molecule has 258 valence electrons. The molecular weight excluding hydrogens is 611 g/mol. The first-order valence-electron chi connectivity index (χ1n) is 17.1. The largest absolute Gasteiger partial charge is 0.460 e. The number of nitrogens with two attached hydrogens (primary N) is 1. The highest BCUT2D eigenvalue weighted by atomic mass is 31.2. The molecule has 0 aliphatic carbocycles. The summed E-state index contributed by atoms with van der Waals surface area (Å²) in [6.45, 7) is 5.59. The van der Waals surface area contributed by atoms with Gasteiger partial charge in [0.25, 0.3) is 0 Å². The van der Waals surface area contributed by atoms with Gasteiger partial charge in [0.1, 0.15) is 18.4 Å². The zero-order valence-electron chi connectivity index (χ0n) is 28.4. The maximum atomic E-state index is 14.3. The number of unbranched alkanes of at least 4 members (excludes halogenated alkanes) is 5. The molecule has 47 heavy (non-hydrogen) atoms. The summed E-state index contributed by atoms with van der Waals surface area (Å²) in [6, 6.07) is 25.5. The van der Waals surface area contributed by atoms with Crippen LogP contribution in [-0.4, -0.2) is 35.9 Å². The third-order valence-corrected chi connectivity index (χ3v) is 9.64. The number of aliphatic hydroxyl groups is 1. The molecule has 0 aliphatic heterocycles. The molecule has 4 N–H and O–H groups in total. The van der Waals surface area contributed by atoms with Gasteiger partial charge >= 0.3 is 13.7 Å². The summed E-state index contributed by atoms with van der Waals surface area (Å²) in [7, 11) is -4.18. The molecule has 0 radical (unpaired) electrons. The van der Waals surface area contributed by atoms with Gasteiger partial charge in [-0.1, -0.05) is 126 Å². The van der Waals surface area contributed by atoms with Crippen LogP contribution in [0.3, 0.4) is 0 Å². The van der Waals surface area contributed by atoms with Gasteiger partial charge in [0, 0.05) is 0 Å². The van der Waals surface area contributed by atoms with Crippen LogP contribution in [0.15, 0.2) is 84.9 Å². The lowest BCUT2D eigenvalue weighted by atomic mass is 9.93. The molecule has 3 aromatic rings. The zero-order chi connectivity index (χ0) is 34.0. The fourth-order valence-corrected chi connectivity index (χ4v) is 6.79. The number of carbonyl (C=O) groups is 1. The summed E-state index contributed by atoms with van der Waals surface area (Å²) in [4.78, 5) is 13.3. The molecular formula is C38H55N2O6P. The SMILES string of the molecule is CCCCCCCCc1ccc(CCC(N)(CO)COP(=O)(NC(CC(C)C)C(=O)OCc2ccccc2)Oc2ccccc2)cc1. The molecule has 0 aliphatic rings. The monoisotopic (exact) mass is 666 g/mol. The van der Waals surface area contributed by atoms with Gasteiger partial charge in [-0.2, -0.15) is 5.09 Å². The van der Waals surface area contributed by atoms with E-state index >= 15 is 0 Å². The first kappa shape index (κ1) is 38.4. The number of para-hydroxylation sites is 1. The van der Waals surface area contributed by atoms with Crippen molar-refractivity contribution in [1.82, 2.24) is 5.09 Å². The van der Waals surface area contributed by atoms with E-state index in [2.05, 4.69) is 36.3 Å². The Morgan fingerprint density at radius 1 is 0.851 bits per heavy atom. The fourth-order valence-electron chi connectivity index (χ4n) is 5.19. The van der Waals surface area contributed by atoms with Crippen LogP contribution in [0.5, 0.6) is 5.75 Å². The molecule has 0 heterocycles. The van der Waals surface area contributed by atoms with Crippen LogP contribution in [0, 0.1) is 5.92 Å². The van der Waals surface area contributed by atoms with E-state index in [1.807, 2.05) is 50.2 Å². The first-order valence-corrected chi connectivity index (χ1v) is 18.6. The summed E-state index contributed by atoms with van der Waals surface area (Å²) in [6.07, 6.45) is 10.0. The van der Waals surface area contributed by atoms with Crippen LogP contribution in [0.4, 0.5) is 0 Å². The van der Waals surface area contributed by atoms with Gasteiger partial charge in [-0.15, -0.1) is 0 Å². The van der Waals surface area contributed by atoms with Gasteiger partial charge in [0.15, 0.2) is 0 Å². The van der Waals surface area contributed by atoms with Gasteiger partial charge in [0.05, 0.1) is 18.8 Å². The number of ether oxygens (including phenoxy) is 1. The average molecular weight is 667 g/mol. The molecule has 0 fully saturated rings. The van der Waals surface area contributed by atoms with Gasteiger partial charge < -0.3 is 20.1 Å². The van der Waals surface area contributed by atoms with Crippen molar-refractivity contribution in [2.75, 3.05) is 13.2 Å². The van der Waals surface area contributed by atoms with Crippen LogP contribution in [-0.2, 0) is 38.1 Å². The summed E-state index contributed by atoms with van der Waals surface area (Å²) in [5.41, 5.74) is 8.66. The number of hydrogen-bond acceptors (Lipinski definition) is 7. The molecule has 0 bridgehead atoms. The number of aliphatic hydroxyl groups excluding tert-OH is 1. The van der Waals surface area contributed by atoms with E-state index in [1.54, 1.807) is 24.3 Å². The third kappa shape index (κ3) is 14.8. The van der Waals surface area contributed by atoms with E-state index in [0.29, 0.717) is 25.0 Å². The predicted molar refractivity (Wildman–Crippen MR) is 189 cm³/mol. The van der Waals surface area contributed by atoms with Crippen molar-refractivity contribution in [1.29, 1.82) is 0 Å². The van der Waals surface area contributed by atoms with Gasteiger partial charge in [0.2, 0.25) is 0 Å². The molecule has 0 spiro atoms. The van der Waals surface area contributed by atoms with Crippen molar-refractivity contribution < 1.29 is 28.3 Å². The zero-order valence-corrected chi connectivity index (χ0v) is 29.3. The number of aryl methyl sites for hydroxylation is 2. The molecule has 3 unspecified atom stereocenters. The molecule has 0 saturated carbocycles. The minimum atomic E-state index is -4.18. The predicted octanol–water partition coefficient (Wildman–Crippen LogP) is 8.16. The highest BCUT2D eigenvalue weighted by Crippen LogP contribution is 2.46. The molecule has 8 nitrogen and oxygen atoms in total. The Hall–Kier alpha value is -3.00.